The van der Waals surface area contributed by atoms with E-state index in [9.17, 15) is 9.18 Å². The van der Waals surface area contributed by atoms with Crippen molar-refractivity contribution in [3.8, 4) is 17.0 Å². The maximum absolute atomic E-state index is 13.2. The quantitative estimate of drug-likeness (QED) is 0.621. The van der Waals surface area contributed by atoms with Crippen LogP contribution < -0.4 is 14.9 Å². The third-order valence-corrected chi connectivity index (χ3v) is 5.85. The monoisotopic (exact) mass is 411 g/mol. The zero-order valence-corrected chi connectivity index (χ0v) is 17.1. The molecule has 0 spiro atoms. The van der Waals surface area contributed by atoms with Gasteiger partial charge >= 0.3 is 0 Å². The molecule has 150 valence electrons. The van der Waals surface area contributed by atoms with Gasteiger partial charge in [0.1, 0.15) is 11.6 Å². The fraction of sp³-hybridized carbons (Fsp3) is 0.273. The number of anilines is 1. The van der Waals surface area contributed by atoms with Crippen LogP contribution in [0.3, 0.4) is 0 Å². The van der Waals surface area contributed by atoms with Gasteiger partial charge in [-0.2, -0.15) is 0 Å². The molecule has 29 heavy (non-hydrogen) atoms. The van der Waals surface area contributed by atoms with Gasteiger partial charge in [0.05, 0.1) is 17.1 Å². The van der Waals surface area contributed by atoms with Crippen LogP contribution in [0.15, 0.2) is 52.8 Å². The topological polar surface area (TPSA) is 55.6 Å². The molecule has 0 saturated carbocycles. The van der Waals surface area contributed by atoms with Gasteiger partial charge in [-0.25, -0.2) is 9.38 Å². The zero-order valence-electron chi connectivity index (χ0n) is 16.3. The summed E-state index contributed by atoms with van der Waals surface area (Å²) in [5, 5.41) is 4.95. The average Bonchev–Trinajstić information content (AvgIpc) is 3.13. The molecule has 1 aromatic heterocycles. The highest BCUT2D eigenvalue weighted by Gasteiger charge is 2.19. The fourth-order valence-corrected chi connectivity index (χ4v) is 4.47. The highest BCUT2D eigenvalue weighted by Crippen LogP contribution is 2.34. The molecule has 3 aromatic rings. The van der Waals surface area contributed by atoms with Crippen LogP contribution in [0.2, 0.25) is 0 Å². The number of carbonyl (C=O) groups excluding carboxylic acids is 1. The largest absolute Gasteiger partial charge is 0.482 e. The van der Waals surface area contributed by atoms with E-state index in [4.69, 9.17) is 9.73 Å². The Bertz CT molecular complexity index is 1100. The van der Waals surface area contributed by atoms with Crippen molar-refractivity contribution in [1.29, 1.82) is 0 Å². The molecular formula is C22H22FN3O2S. The highest BCUT2D eigenvalue weighted by molar-refractivity contribution is 7.07. The van der Waals surface area contributed by atoms with Crippen molar-refractivity contribution in [2.75, 3.05) is 11.9 Å². The number of amides is 1. The van der Waals surface area contributed by atoms with Crippen LogP contribution in [0.25, 0.3) is 11.3 Å². The van der Waals surface area contributed by atoms with Gasteiger partial charge in [0.15, 0.2) is 11.4 Å². The van der Waals surface area contributed by atoms with Crippen LogP contribution >= 0.6 is 11.3 Å². The first-order valence-electron chi connectivity index (χ1n) is 9.66. The SMILES string of the molecule is CCC(CC)n1c(-c2ccc3c(c2)NC(=O)CO3)csc1=Nc1ccc(F)cc1. The number of halogens is 1. The van der Waals surface area contributed by atoms with Crippen LogP contribution in [-0.4, -0.2) is 17.1 Å². The number of rotatable bonds is 5. The summed E-state index contributed by atoms with van der Waals surface area (Å²) in [7, 11) is 0. The first kappa shape index (κ1) is 19.4. The number of hydrogen-bond acceptors (Lipinski definition) is 4. The van der Waals surface area contributed by atoms with E-state index in [1.807, 2.05) is 18.2 Å². The normalized spacial score (nSPS) is 13.9. The lowest BCUT2D eigenvalue weighted by atomic mass is 10.1. The molecule has 7 heteroatoms. The van der Waals surface area contributed by atoms with E-state index < -0.39 is 0 Å². The number of hydrogen-bond donors (Lipinski definition) is 1. The zero-order chi connectivity index (χ0) is 20.4. The molecule has 1 aliphatic heterocycles. The lowest BCUT2D eigenvalue weighted by Crippen LogP contribution is -2.25. The second-order valence-corrected chi connectivity index (χ2v) is 7.72. The summed E-state index contributed by atoms with van der Waals surface area (Å²) < 4.78 is 21.0. The van der Waals surface area contributed by atoms with E-state index >= 15 is 0 Å². The Morgan fingerprint density at radius 3 is 2.69 bits per heavy atom. The molecule has 1 aliphatic rings. The van der Waals surface area contributed by atoms with Crippen molar-refractivity contribution in [3.63, 3.8) is 0 Å². The minimum atomic E-state index is -0.276. The highest BCUT2D eigenvalue weighted by atomic mass is 32.1. The average molecular weight is 412 g/mol. The molecule has 0 unspecified atom stereocenters. The van der Waals surface area contributed by atoms with E-state index in [-0.39, 0.29) is 24.4 Å². The standard InChI is InChI=1S/C22H22FN3O2S/c1-3-17(4-2)26-19(13-29-22(26)24-16-8-6-15(23)7-9-16)14-5-10-20-18(11-14)25-21(27)12-28-20/h5-11,13,17H,3-4,12H2,1-2H3,(H,25,27). The molecule has 0 aliphatic carbocycles. The Labute approximate surface area is 172 Å². The molecule has 0 saturated heterocycles. The van der Waals surface area contributed by atoms with Crippen molar-refractivity contribution < 1.29 is 13.9 Å². The van der Waals surface area contributed by atoms with Gasteiger partial charge in [0, 0.05) is 17.0 Å². The van der Waals surface area contributed by atoms with E-state index in [1.165, 1.54) is 12.1 Å². The Balaban J connectivity index is 1.84. The van der Waals surface area contributed by atoms with E-state index in [1.54, 1.807) is 23.5 Å². The molecule has 4 rings (SSSR count). The molecule has 1 N–H and O–H groups in total. The molecule has 0 radical (unpaired) electrons. The first-order valence-corrected chi connectivity index (χ1v) is 10.5. The molecular weight excluding hydrogens is 389 g/mol. The lowest BCUT2D eigenvalue weighted by Gasteiger charge is -2.21. The number of carbonyl (C=O) groups is 1. The Kier molecular flexibility index (Phi) is 5.49. The molecule has 2 aromatic carbocycles. The van der Waals surface area contributed by atoms with E-state index in [0.29, 0.717) is 17.1 Å². The van der Waals surface area contributed by atoms with Gasteiger partial charge in [-0.3, -0.25) is 4.79 Å². The second kappa shape index (κ2) is 8.21. The minimum absolute atomic E-state index is 0.0409. The predicted octanol–water partition coefficient (Wildman–Crippen LogP) is 5.28. The summed E-state index contributed by atoms with van der Waals surface area (Å²) in [6, 6.07) is 12.3. The van der Waals surface area contributed by atoms with Crippen molar-refractivity contribution in [3.05, 3.63) is 58.5 Å². The van der Waals surface area contributed by atoms with Crippen LogP contribution in [0, 0.1) is 5.82 Å². The van der Waals surface area contributed by atoms with Gasteiger partial charge in [-0.1, -0.05) is 13.8 Å². The fourth-order valence-electron chi connectivity index (χ4n) is 3.49. The van der Waals surface area contributed by atoms with Crippen molar-refractivity contribution in [1.82, 2.24) is 4.57 Å². The smallest absolute Gasteiger partial charge is 0.262 e. The van der Waals surface area contributed by atoms with Crippen LogP contribution in [0.1, 0.15) is 32.7 Å². The minimum Gasteiger partial charge on any atom is -0.482 e. The molecule has 5 nitrogen and oxygen atoms in total. The molecule has 1 amide bonds. The first-order chi connectivity index (χ1) is 14.1. The second-order valence-electron chi connectivity index (χ2n) is 6.88. The van der Waals surface area contributed by atoms with Crippen molar-refractivity contribution in [2.45, 2.75) is 32.7 Å². The molecule has 0 fully saturated rings. The maximum atomic E-state index is 13.2. The number of nitrogens with one attached hydrogen (secondary N) is 1. The van der Waals surface area contributed by atoms with Gasteiger partial charge in [-0.05, 0) is 55.3 Å². The Morgan fingerprint density at radius 2 is 1.97 bits per heavy atom. The summed E-state index contributed by atoms with van der Waals surface area (Å²) in [6.45, 7) is 4.36. The summed E-state index contributed by atoms with van der Waals surface area (Å²) in [5.41, 5.74) is 3.41. The third-order valence-electron chi connectivity index (χ3n) is 5.01. The Hall–Kier alpha value is -2.93. The van der Waals surface area contributed by atoms with E-state index in [0.717, 1.165) is 28.9 Å². The number of thiazole rings is 1. The maximum Gasteiger partial charge on any atom is 0.262 e. The molecule has 0 atom stereocenters. The summed E-state index contributed by atoms with van der Waals surface area (Å²) >= 11 is 1.55. The number of benzene rings is 2. The van der Waals surface area contributed by atoms with Gasteiger partial charge < -0.3 is 14.6 Å². The molecule has 2 heterocycles. The molecule has 0 bridgehead atoms. The van der Waals surface area contributed by atoms with Crippen LogP contribution in [0.4, 0.5) is 15.8 Å². The number of ether oxygens (including phenoxy) is 1. The third kappa shape index (κ3) is 3.96. The summed E-state index contributed by atoms with van der Waals surface area (Å²) in [6.07, 6.45) is 1.92. The number of fused-ring (bicyclic) bond motifs is 1. The number of nitrogens with zero attached hydrogens (tertiary/aromatic N) is 2. The lowest BCUT2D eigenvalue weighted by molar-refractivity contribution is -0.118. The van der Waals surface area contributed by atoms with E-state index in [2.05, 4.69) is 29.1 Å². The Morgan fingerprint density at radius 1 is 1.21 bits per heavy atom. The number of aromatic nitrogens is 1. The predicted molar refractivity (Wildman–Crippen MR) is 113 cm³/mol. The summed E-state index contributed by atoms with van der Waals surface area (Å²) in [4.78, 5) is 17.3. The van der Waals surface area contributed by atoms with Crippen molar-refractivity contribution >= 4 is 28.6 Å². The van der Waals surface area contributed by atoms with Gasteiger partial charge in [0.2, 0.25) is 0 Å². The summed E-state index contributed by atoms with van der Waals surface area (Å²) in [5.74, 6) is 0.246. The van der Waals surface area contributed by atoms with Crippen LogP contribution in [0.5, 0.6) is 5.75 Å². The van der Waals surface area contributed by atoms with Crippen LogP contribution in [-0.2, 0) is 4.79 Å². The van der Waals surface area contributed by atoms with Crippen molar-refractivity contribution in [2.24, 2.45) is 4.99 Å². The van der Waals surface area contributed by atoms with Gasteiger partial charge in [0.25, 0.3) is 5.91 Å². The van der Waals surface area contributed by atoms with Gasteiger partial charge in [-0.15, -0.1) is 11.3 Å².